The standard InChI is InChI=1S/C19H18N2O4S.ClH/c1-12-11-20-8-9-21(12)19(23)13-6-7-15-17(10-13)26(24,25)16-5-3-2-4-14(16)18(15)22;/h2-7,10,12,20H,8-9,11H2,1H3;1H. The van der Waals surface area contributed by atoms with Gasteiger partial charge in [0.1, 0.15) is 0 Å². The van der Waals surface area contributed by atoms with Crippen LogP contribution in [0, 0.1) is 0 Å². The number of rotatable bonds is 1. The Morgan fingerprint density at radius 3 is 2.56 bits per heavy atom. The molecule has 1 unspecified atom stereocenters. The molecule has 1 amide bonds. The Morgan fingerprint density at radius 1 is 1.11 bits per heavy atom. The van der Waals surface area contributed by atoms with Crippen molar-refractivity contribution >= 4 is 33.9 Å². The van der Waals surface area contributed by atoms with Crippen LogP contribution in [0.2, 0.25) is 0 Å². The van der Waals surface area contributed by atoms with Crippen molar-refractivity contribution in [3.63, 3.8) is 0 Å². The first-order valence-corrected chi connectivity index (χ1v) is 9.94. The SMILES string of the molecule is CC1CNCCN1C(=O)c1ccc2c(c1)S(=O)(=O)c1ccccc1C2=O.Cl. The van der Waals surface area contributed by atoms with Crippen molar-refractivity contribution in [2.24, 2.45) is 0 Å². The summed E-state index contributed by atoms with van der Waals surface area (Å²) in [5.74, 6) is -0.553. The third-order valence-corrected chi connectivity index (χ3v) is 6.80. The molecule has 0 spiro atoms. The van der Waals surface area contributed by atoms with Gasteiger partial charge in [-0.2, -0.15) is 0 Å². The Balaban J connectivity index is 0.00000210. The largest absolute Gasteiger partial charge is 0.333 e. The number of fused-ring (bicyclic) bond motifs is 2. The number of benzene rings is 2. The first kappa shape index (κ1) is 19.5. The molecule has 1 saturated heterocycles. The average molecular weight is 407 g/mol. The van der Waals surface area contributed by atoms with Crippen LogP contribution in [0.25, 0.3) is 0 Å². The molecule has 0 aromatic heterocycles. The maximum absolute atomic E-state index is 13.0. The smallest absolute Gasteiger partial charge is 0.254 e. The summed E-state index contributed by atoms with van der Waals surface area (Å²) in [6.45, 7) is 3.90. The van der Waals surface area contributed by atoms with E-state index >= 15 is 0 Å². The van der Waals surface area contributed by atoms with Gasteiger partial charge in [0.25, 0.3) is 5.91 Å². The van der Waals surface area contributed by atoms with Crippen LogP contribution in [0.5, 0.6) is 0 Å². The van der Waals surface area contributed by atoms with E-state index in [0.29, 0.717) is 19.6 Å². The minimum absolute atomic E-state index is 0. The lowest BCUT2D eigenvalue weighted by Crippen LogP contribution is -2.52. The zero-order valence-electron chi connectivity index (χ0n) is 14.6. The van der Waals surface area contributed by atoms with Crippen molar-refractivity contribution < 1.29 is 18.0 Å². The molecule has 0 saturated carbocycles. The number of nitrogens with one attached hydrogen (secondary N) is 1. The van der Waals surface area contributed by atoms with E-state index in [-0.39, 0.29) is 56.6 Å². The monoisotopic (exact) mass is 406 g/mol. The quantitative estimate of drug-likeness (QED) is 0.667. The van der Waals surface area contributed by atoms with Gasteiger partial charge in [0.05, 0.1) is 9.79 Å². The van der Waals surface area contributed by atoms with Gasteiger partial charge in [-0.05, 0) is 37.3 Å². The number of carbonyl (C=O) groups is 2. The Kier molecular flexibility index (Phi) is 5.12. The second-order valence-corrected chi connectivity index (χ2v) is 8.48. The third kappa shape index (κ3) is 3.05. The lowest BCUT2D eigenvalue weighted by atomic mass is 10.0. The summed E-state index contributed by atoms with van der Waals surface area (Å²) < 4.78 is 25.9. The molecule has 0 radical (unpaired) electrons. The minimum atomic E-state index is -3.84. The number of sulfone groups is 1. The number of amides is 1. The predicted octanol–water partition coefficient (Wildman–Crippen LogP) is 1.92. The first-order valence-electron chi connectivity index (χ1n) is 8.46. The van der Waals surface area contributed by atoms with Crippen molar-refractivity contribution in [3.8, 4) is 0 Å². The van der Waals surface area contributed by atoms with Crippen molar-refractivity contribution in [2.75, 3.05) is 19.6 Å². The van der Waals surface area contributed by atoms with Gasteiger partial charge < -0.3 is 10.2 Å². The zero-order valence-corrected chi connectivity index (χ0v) is 16.3. The number of hydrogen-bond acceptors (Lipinski definition) is 5. The first-order chi connectivity index (χ1) is 12.4. The minimum Gasteiger partial charge on any atom is -0.333 e. The number of carbonyl (C=O) groups excluding carboxylic acids is 2. The number of nitrogens with zero attached hydrogens (tertiary/aromatic N) is 1. The van der Waals surface area contributed by atoms with Gasteiger partial charge in [-0.15, -0.1) is 12.4 Å². The van der Waals surface area contributed by atoms with E-state index in [1.807, 2.05) is 6.92 Å². The molecule has 4 rings (SSSR count). The molecule has 2 aliphatic heterocycles. The highest BCUT2D eigenvalue weighted by molar-refractivity contribution is 7.91. The highest BCUT2D eigenvalue weighted by Gasteiger charge is 2.35. The third-order valence-electron chi connectivity index (χ3n) is 4.95. The summed E-state index contributed by atoms with van der Waals surface area (Å²) in [7, 11) is -3.84. The van der Waals surface area contributed by atoms with Gasteiger partial charge in [0.2, 0.25) is 9.84 Å². The number of hydrogen-bond donors (Lipinski definition) is 1. The Bertz CT molecular complexity index is 1040. The van der Waals surface area contributed by atoms with Gasteiger partial charge in [-0.1, -0.05) is 12.1 Å². The van der Waals surface area contributed by atoms with Gasteiger partial charge >= 0.3 is 0 Å². The fourth-order valence-corrected chi connectivity index (χ4v) is 5.20. The predicted molar refractivity (Wildman–Crippen MR) is 102 cm³/mol. The summed E-state index contributed by atoms with van der Waals surface area (Å²) >= 11 is 0. The molecule has 2 aromatic carbocycles. The molecule has 1 fully saturated rings. The lowest BCUT2D eigenvalue weighted by Gasteiger charge is -2.34. The number of ketones is 1. The average Bonchev–Trinajstić information content (AvgIpc) is 2.66. The summed E-state index contributed by atoms with van der Waals surface area (Å²) in [6, 6.07) is 10.5. The normalized spacial score (nSPS) is 20.3. The fourth-order valence-electron chi connectivity index (χ4n) is 3.53. The van der Waals surface area contributed by atoms with Crippen LogP contribution >= 0.6 is 12.4 Å². The molecule has 142 valence electrons. The highest BCUT2D eigenvalue weighted by Crippen LogP contribution is 2.35. The van der Waals surface area contributed by atoms with Crippen LogP contribution in [0.3, 0.4) is 0 Å². The van der Waals surface area contributed by atoms with Gasteiger partial charge in [-0.3, -0.25) is 9.59 Å². The van der Waals surface area contributed by atoms with Crippen LogP contribution in [0.1, 0.15) is 33.2 Å². The van der Waals surface area contributed by atoms with Crippen LogP contribution in [0.4, 0.5) is 0 Å². The second-order valence-electron chi connectivity index (χ2n) is 6.59. The Morgan fingerprint density at radius 2 is 1.81 bits per heavy atom. The summed E-state index contributed by atoms with van der Waals surface area (Å²) in [6.07, 6.45) is 0. The van der Waals surface area contributed by atoms with Crippen molar-refractivity contribution in [2.45, 2.75) is 22.8 Å². The molecule has 2 heterocycles. The molecule has 8 heteroatoms. The molecule has 2 aromatic rings. The highest BCUT2D eigenvalue weighted by atomic mass is 35.5. The molecule has 0 aliphatic carbocycles. The molecule has 6 nitrogen and oxygen atoms in total. The van der Waals surface area contributed by atoms with Crippen LogP contribution in [0.15, 0.2) is 52.3 Å². The van der Waals surface area contributed by atoms with Gasteiger partial charge in [0.15, 0.2) is 5.78 Å². The summed E-state index contributed by atoms with van der Waals surface area (Å²) in [4.78, 5) is 27.2. The number of piperazine rings is 1. The fraction of sp³-hybridized carbons (Fsp3) is 0.263. The van der Waals surface area contributed by atoms with Gasteiger partial charge in [-0.25, -0.2) is 8.42 Å². The molecule has 1 atom stereocenters. The van der Waals surface area contributed by atoms with E-state index in [1.165, 1.54) is 30.3 Å². The molecular formula is C19H19ClN2O4S. The van der Waals surface area contributed by atoms with E-state index < -0.39 is 9.84 Å². The Labute approximate surface area is 163 Å². The van der Waals surface area contributed by atoms with E-state index in [4.69, 9.17) is 0 Å². The summed E-state index contributed by atoms with van der Waals surface area (Å²) in [5.41, 5.74) is 0.580. The maximum atomic E-state index is 13.0. The molecular weight excluding hydrogens is 388 g/mol. The van der Waals surface area contributed by atoms with Crippen LogP contribution in [-0.2, 0) is 9.84 Å². The van der Waals surface area contributed by atoms with E-state index in [1.54, 1.807) is 17.0 Å². The molecule has 2 aliphatic rings. The molecule has 27 heavy (non-hydrogen) atoms. The number of halogens is 1. The zero-order chi connectivity index (χ0) is 18.5. The van der Waals surface area contributed by atoms with E-state index in [2.05, 4.69) is 5.32 Å². The van der Waals surface area contributed by atoms with Gasteiger partial charge in [0, 0.05) is 42.4 Å². The topological polar surface area (TPSA) is 83.6 Å². The van der Waals surface area contributed by atoms with E-state index in [0.717, 1.165) is 0 Å². The van der Waals surface area contributed by atoms with Crippen LogP contribution in [-0.4, -0.2) is 50.7 Å². The van der Waals surface area contributed by atoms with E-state index in [9.17, 15) is 18.0 Å². The van der Waals surface area contributed by atoms with Crippen molar-refractivity contribution in [3.05, 3.63) is 59.2 Å². The second kappa shape index (κ2) is 7.07. The van der Waals surface area contributed by atoms with Crippen molar-refractivity contribution in [1.29, 1.82) is 0 Å². The summed E-state index contributed by atoms with van der Waals surface area (Å²) in [5, 5.41) is 3.22. The van der Waals surface area contributed by atoms with Crippen LogP contribution < -0.4 is 5.32 Å². The lowest BCUT2D eigenvalue weighted by molar-refractivity contribution is 0.0655. The Hall–Kier alpha value is -2.22. The maximum Gasteiger partial charge on any atom is 0.254 e. The molecule has 1 N–H and O–H groups in total. The molecule has 0 bridgehead atoms. The van der Waals surface area contributed by atoms with Crippen molar-refractivity contribution in [1.82, 2.24) is 10.2 Å².